The number of rotatable bonds is 7. The van der Waals surface area contributed by atoms with Crippen molar-refractivity contribution in [2.24, 2.45) is 0 Å². The van der Waals surface area contributed by atoms with Crippen LogP contribution in [0.25, 0.3) is 0 Å². The van der Waals surface area contributed by atoms with Gasteiger partial charge in [0.15, 0.2) is 0 Å². The Hall–Kier alpha value is -3.11. The van der Waals surface area contributed by atoms with Crippen LogP contribution in [-0.4, -0.2) is 60.6 Å². The number of piperidine rings is 1. The lowest BCUT2D eigenvalue weighted by atomic mass is 10.1. The predicted molar refractivity (Wildman–Crippen MR) is 152 cm³/mol. The summed E-state index contributed by atoms with van der Waals surface area (Å²) < 4.78 is 38.1. The SMILES string of the molecule is CC(C)(C)OC(=O)N(CCc1ccc(Nc2ccc(S(=O)(=O)N3CCCCC3)cc2)cc1)C(=O)OC(C)(C)C. The molecule has 0 atom stereocenters. The highest BCUT2D eigenvalue weighted by molar-refractivity contribution is 7.89. The molecule has 1 saturated heterocycles. The molecule has 1 heterocycles. The Morgan fingerprint density at radius 2 is 1.26 bits per heavy atom. The molecule has 0 saturated carbocycles. The van der Waals surface area contributed by atoms with Crippen molar-refractivity contribution in [3.63, 3.8) is 0 Å². The topological polar surface area (TPSA) is 105 Å². The standard InChI is InChI=1S/C29H41N3O6S/c1-28(2,3)37-26(33)32(27(34)38-29(4,5)6)21-18-22-10-12-23(13-11-22)30-24-14-16-25(17-15-24)39(35,36)31-19-8-7-9-20-31/h10-17,30H,7-9,18-21H2,1-6H3. The lowest BCUT2D eigenvalue weighted by molar-refractivity contribution is 0.00170. The lowest BCUT2D eigenvalue weighted by Gasteiger charge is -2.28. The highest BCUT2D eigenvalue weighted by Gasteiger charge is 2.31. The van der Waals surface area contributed by atoms with Crippen molar-refractivity contribution >= 4 is 33.6 Å². The van der Waals surface area contributed by atoms with E-state index >= 15 is 0 Å². The van der Waals surface area contributed by atoms with Gasteiger partial charge in [-0.2, -0.15) is 4.31 Å². The van der Waals surface area contributed by atoms with Gasteiger partial charge in [-0.3, -0.25) is 0 Å². The number of sulfonamides is 1. The maximum absolute atomic E-state index is 12.9. The number of carbonyl (C=O) groups is 2. The molecule has 1 aliphatic rings. The van der Waals surface area contributed by atoms with E-state index in [4.69, 9.17) is 9.47 Å². The summed E-state index contributed by atoms with van der Waals surface area (Å²) in [6.07, 6.45) is 1.78. The molecule has 0 bridgehead atoms. The zero-order chi connectivity index (χ0) is 28.8. The lowest BCUT2D eigenvalue weighted by Crippen LogP contribution is -2.44. The molecule has 1 fully saturated rings. The molecule has 39 heavy (non-hydrogen) atoms. The van der Waals surface area contributed by atoms with Crippen LogP contribution in [-0.2, 0) is 25.9 Å². The van der Waals surface area contributed by atoms with Crippen molar-refractivity contribution in [2.45, 2.75) is 83.3 Å². The highest BCUT2D eigenvalue weighted by atomic mass is 32.2. The molecule has 214 valence electrons. The van der Waals surface area contributed by atoms with E-state index in [0.717, 1.165) is 41.1 Å². The van der Waals surface area contributed by atoms with Crippen LogP contribution in [0.5, 0.6) is 0 Å². The Labute approximate surface area is 232 Å². The minimum absolute atomic E-state index is 0.101. The van der Waals surface area contributed by atoms with E-state index in [1.807, 2.05) is 24.3 Å². The molecule has 1 N–H and O–H groups in total. The van der Waals surface area contributed by atoms with E-state index in [9.17, 15) is 18.0 Å². The Morgan fingerprint density at radius 3 is 1.72 bits per heavy atom. The van der Waals surface area contributed by atoms with Crippen LogP contribution in [0.15, 0.2) is 53.4 Å². The smallest absolute Gasteiger partial charge is 0.419 e. The average Bonchev–Trinajstić information content (AvgIpc) is 2.84. The molecule has 0 spiro atoms. The number of ether oxygens (including phenoxy) is 2. The van der Waals surface area contributed by atoms with Gasteiger partial charge in [-0.1, -0.05) is 18.6 Å². The van der Waals surface area contributed by atoms with Crippen molar-refractivity contribution in [2.75, 3.05) is 25.0 Å². The predicted octanol–water partition coefficient (Wildman–Crippen LogP) is 6.32. The van der Waals surface area contributed by atoms with Crippen LogP contribution in [0.3, 0.4) is 0 Å². The molecule has 0 radical (unpaired) electrons. The second kappa shape index (κ2) is 12.4. The first-order valence-electron chi connectivity index (χ1n) is 13.3. The van der Waals surface area contributed by atoms with Gasteiger partial charge < -0.3 is 14.8 Å². The van der Waals surface area contributed by atoms with Gasteiger partial charge in [0.05, 0.1) is 4.90 Å². The van der Waals surface area contributed by atoms with Crippen LogP contribution in [0.4, 0.5) is 21.0 Å². The summed E-state index contributed by atoms with van der Waals surface area (Å²) in [6, 6.07) is 14.3. The summed E-state index contributed by atoms with van der Waals surface area (Å²) in [5, 5.41) is 3.28. The fraction of sp³-hybridized carbons (Fsp3) is 0.517. The van der Waals surface area contributed by atoms with Gasteiger partial charge in [0, 0.05) is 31.0 Å². The normalized spacial score (nSPS) is 14.9. The van der Waals surface area contributed by atoms with Crippen molar-refractivity contribution in [3.05, 3.63) is 54.1 Å². The third kappa shape index (κ3) is 9.25. The molecular formula is C29H41N3O6S. The second-order valence-corrected chi connectivity index (χ2v) is 13.6. The summed E-state index contributed by atoms with van der Waals surface area (Å²) in [5.41, 5.74) is 1.00. The molecule has 2 amide bonds. The third-order valence-corrected chi connectivity index (χ3v) is 7.81. The first kappa shape index (κ1) is 30.4. The highest BCUT2D eigenvalue weighted by Crippen LogP contribution is 2.24. The molecule has 0 aliphatic carbocycles. The number of benzene rings is 2. The summed E-state index contributed by atoms with van der Waals surface area (Å²) in [5.74, 6) is 0. The van der Waals surface area contributed by atoms with Crippen LogP contribution in [0.2, 0.25) is 0 Å². The number of carbonyl (C=O) groups excluding carboxylic acids is 2. The van der Waals surface area contributed by atoms with Gasteiger partial charge in [0.1, 0.15) is 11.2 Å². The Bertz CT molecular complexity index is 1200. The summed E-state index contributed by atoms with van der Waals surface area (Å²) in [7, 11) is -3.47. The van der Waals surface area contributed by atoms with Crippen molar-refractivity contribution < 1.29 is 27.5 Å². The summed E-state index contributed by atoms with van der Waals surface area (Å²) in [6.45, 7) is 11.7. The number of imide groups is 1. The molecule has 0 aromatic heterocycles. The summed E-state index contributed by atoms with van der Waals surface area (Å²) in [4.78, 5) is 26.7. The van der Waals surface area contributed by atoms with Gasteiger partial charge >= 0.3 is 12.2 Å². The first-order valence-corrected chi connectivity index (χ1v) is 14.8. The number of amides is 2. The number of nitrogens with zero attached hydrogens (tertiary/aromatic N) is 2. The van der Waals surface area contributed by atoms with E-state index in [2.05, 4.69) is 5.32 Å². The fourth-order valence-electron chi connectivity index (χ4n) is 4.02. The van der Waals surface area contributed by atoms with Crippen LogP contribution in [0.1, 0.15) is 66.4 Å². The first-order chi connectivity index (χ1) is 18.1. The maximum atomic E-state index is 12.9. The molecule has 3 rings (SSSR count). The Balaban J connectivity index is 1.62. The van der Waals surface area contributed by atoms with E-state index < -0.39 is 33.4 Å². The van der Waals surface area contributed by atoms with Crippen molar-refractivity contribution in [1.82, 2.24) is 9.21 Å². The molecule has 9 nitrogen and oxygen atoms in total. The third-order valence-electron chi connectivity index (χ3n) is 5.90. The zero-order valence-corrected chi connectivity index (χ0v) is 24.6. The molecule has 0 unspecified atom stereocenters. The van der Waals surface area contributed by atoms with E-state index in [1.165, 1.54) is 0 Å². The van der Waals surface area contributed by atoms with E-state index in [1.54, 1.807) is 70.1 Å². The minimum atomic E-state index is -3.47. The maximum Gasteiger partial charge on any atom is 0.419 e. The fourth-order valence-corrected chi connectivity index (χ4v) is 5.54. The monoisotopic (exact) mass is 559 g/mol. The molecule has 2 aromatic carbocycles. The Kier molecular flexibility index (Phi) is 9.66. The summed E-state index contributed by atoms with van der Waals surface area (Å²) >= 11 is 0. The van der Waals surface area contributed by atoms with E-state index in [-0.39, 0.29) is 6.54 Å². The zero-order valence-electron chi connectivity index (χ0n) is 23.8. The molecular weight excluding hydrogens is 518 g/mol. The number of anilines is 2. The van der Waals surface area contributed by atoms with Gasteiger partial charge in [0.2, 0.25) is 10.0 Å². The largest absolute Gasteiger partial charge is 0.443 e. The van der Waals surface area contributed by atoms with Gasteiger partial charge in [-0.05, 0) is 103 Å². The minimum Gasteiger partial charge on any atom is -0.443 e. The molecule has 1 aliphatic heterocycles. The van der Waals surface area contributed by atoms with Gasteiger partial charge in [0.25, 0.3) is 0 Å². The number of hydrogen-bond acceptors (Lipinski definition) is 7. The average molecular weight is 560 g/mol. The second-order valence-electron chi connectivity index (χ2n) is 11.7. The number of hydrogen-bond donors (Lipinski definition) is 1. The molecule has 2 aromatic rings. The Morgan fingerprint density at radius 1 is 0.795 bits per heavy atom. The quantitative estimate of drug-likeness (QED) is 0.423. The van der Waals surface area contributed by atoms with Gasteiger partial charge in [-0.15, -0.1) is 0 Å². The van der Waals surface area contributed by atoms with Crippen molar-refractivity contribution in [1.29, 1.82) is 0 Å². The van der Waals surface area contributed by atoms with Crippen LogP contribution >= 0.6 is 0 Å². The van der Waals surface area contributed by atoms with E-state index in [0.29, 0.717) is 24.4 Å². The van der Waals surface area contributed by atoms with Gasteiger partial charge in [-0.25, -0.2) is 22.9 Å². The molecule has 10 heteroatoms. The van der Waals surface area contributed by atoms with Crippen LogP contribution in [0, 0.1) is 0 Å². The van der Waals surface area contributed by atoms with Crippen LogP contribution < -0.4 is 5.32 Å². The number of nitrogens with one attached hydrogen (secondary N) is 1. The van der Waals surface area contributed by atoms with Crippen molar-refractivity contribution in [3.8, 4) is 0 Å².